The molecule has 10 heteroatoms. The highest BCUT2D eigenvalue weighted by molar-refractivity contribution is 6.22. The molecule has 1 N–H and O–H groups in total. The molecule has 0 atom stereocenters. The number of carbonyl (C=O) groups excluding carboxylic acids is 3. The number of rotatable bonds is 5. The van der Waals surface area contributed by atoms with Crippen molar-refractivity contribution >= 4 is 29.1 Å². The van der Waals surface area contributed by atoms with Crippen LogP contribution in [0.5, 0.6) is 0 Å². The van der Waals surface area contributed by atoms with Crippen LogP contribution >= 0.6 is 0 Å². The van der Waals surface area contributed by atoms with Crippen LogP contribution in [0.4, 0.5) is 15.8 Å². The number of nitro groups is 1. The number of halogens is 1. The summed E-state index contributed by atoms with van der Waals surface area (Å²) in [6.07, 6.45) is 1.43. The highest BCUT2D eigenvalue weighted by Crippen LogP contribution is 2.27. The number of imide groups is 1. The Morgan fingerprint density at radius 3 is 2.57 bits per heavy atom. The van der Waals surface area contributed by atoms with E-state index in [9.17, 15) is 28.9 Å². The van der Waals surface area contributed by atoms with Crippen LogP contribution in [0, 0.1) is 15.9 Å². The zero-order valence-corrected chi connectivity index (χ0v) is 15.1. The summed E-state index contributed by atoms with van der Waals surface area (Å²) in [6.45, 7) is -0.0415. The molecule has 1 aliphatic rings. The average Bonchev–Trinajstić information content (AvgIpc) is 3.32. The van der Waals surface area contributed by atoms with Crippen LogP contribution in [0.2, 0.25) is 0 Å². The van der Waals surface area contributed by atoms with Crippen molar-refractivity contribution in [2.45, 2.75) is 6.54 Å². The van der Waals surface area contributed by atoms with Crippen LogP contribution in [0.3, 0.4) is 0 Å². The molecule has 0 aliphatic carbocycles. The molecule has 3 aromatic rings. The molecule has 0 unspecified atom stereocenters. The molecule has 30 heavy (non-hydrogen) atoms. The van der Waals surface area contributed by atoms with Crippen LogP contribution in [0.25, 0.3) is 0 Å². The fourth-order valence-electron chi connectivity index (χ4n) is 3.07. The first-order valence-electron chi connectivity index (χ1n) is 8.63. The first kappa shape index (κ1) is 19.0. The molecule has 2 heterocycles. The lowest BCUT2D eigenvalue weighted by atomic mass is 10.1. The van der Waals surface area contributed by atoms with Crippen molar-refractivity contribution in [3.63, 3.8) is 0 Å². The third kappa shape index (κ3) is 3.30. The number of fused-ring (bicyclic) bond motifs is 1. The maximum absolute atomic E-state index is 13.4. The number of hydrogen-bond acceptors (Lipinski definition) is 6. The predicted molar refractivity (Wildman–Crippen MR) is 100 cm³/mol. The Labute approximate surface area is 167 Å². The van der Waals surface area contributed by atoms with E-state index in [-0.39, 0.29) is 28.9 Å². The van der Waals surface area contributed by atoms with E-state index >= 15 is 0 Å². The van der Waals surface area contributed by atoms with E-state index in [1.807, 2.05) is 0 Å². The summed E-state index contributed by atoms with van der Waals surface area (Å²) in [4.78, 5) is 48.6. The first-order chi connectivity index (χ1) is 14.3. The fourth-order valence-corrected chi connectivity index (χ4v) is 3.07. The largest absolute Gasteiger partial charge is 0.467 e. The Hall–Kier alpha value is -4.34. The van der Waals surface area contributed by atoms with Gasteiger partial charge in [-0.2, -0.15) is 4.39 Å². The van der Waals surface area contributed by atoms with Crippen LogP contribution in [0.15, 0.2) is 59.2 Å². The Balaban J connectivity index is 1.57. The molecule has 0 saturated carbocycles. The topological polar surface area (TPSA) is 123 Å². The Bertz CT molecular complexity index is 1210. The van der Waals surface area contributed by atoms with Crippen molar-refractivity contribution in [2.75, 3.05) is 5.32 Å². The fraction of sp³-hybridized carbons (Fsp3) is 0.0500. The predicted octanol–water partition coefficient (Wildman–Crippen LogP) is 3.38. The van der Waals surface area contributed by atoms with Gasteiger partial charge >= 0.3 is 5.69 Å². The number of furan rings is 1. The van der Waals surface area contributed by atoms with E-state index < -0.39 is 34.1 Å². The minimum atomic E-state index is -1.03. The molecule has 3 amide bonds. The molecule has 9 nitrogen and oxygen atoms in total. The molecule has 0 spiro atoms. The van der Waals surface area contributed by atoms with Gasteiger partial charge in [0.1, 0.15) is 5.76 Å². The summed E-state index contributed by atoms with van der Waals surface area (Å²) in [7, 11) is 0. The minimum absolute atomic E-state index is 0.00967. The monoisotopic (exact) mass is 409 g/mol. The molecule has 1 aliphatic heterocycles. The lowest BCUT2D eigenvalue weighted by Crippen LogP contribution is -2.28. The number of anilines is 1. The van der Waals surface area contributed by atoms with Gasteiger partial charge in [0.2, 0.25) is 5.82 Å². The van der Waals surface area contributed by atoms with Crippen molar-refractivity contribution in [1.82, 2.24) is 4.90 Å². The summed E-state index contributed by atoms with van der Waals surface area (Å²) in [5.41, 5.74) is -0.502. The van der Waals surface area contributed by atoms with E-state index in [0.717, 1.165) is 17.0 Å². The van der Waals surface area contributed by atoms with Gasteiger partial charge in [-0.05, 0) is 42.5 Å². The van der Waals surface area contributed by atoms with E-state index in [0.29, 0.717) is 5.76 Å². The molecule has 0 bridgehead atoms. The summed E-state index contributed by atoms with van der Waals surface area (Å²) < 4.78 is 18.6. The van der Waals surface area contributed by atoms with Crippen molar-refractivity contribution in [3.8, 4) is 0 Å². The highest BCUT2D eigenvalue weighted by atomic mass is 19.1. The van der Waals surface area contributed by atoms with E-state index in [1.165, 1.54) is 30.5 Å². The van der Waals surface area contributed by atoms with E-state index in [4.69, 9.17) is 4.42 Å². The van der Waals surface area contributed by atoms with Crippen molar-refractivity contribution in [2.24, 2.45) is 0 Å². The van der Waals surface area contributed by atoms with Gasteiger partial charge in [0.05, 0.1) is 28.9 Å². The zero-order chi connectivity index (χ0) is 21.4. The van der Waals surface area contributed by atoms with Gasteiger partial charge in [0.15, 0.2) is 0 Å². The molecule has 2 aromatic carbocycles. The van der Waals surface area contributed by atoms with Crippen molar-refractivity contribution in [3.05, 3.63) is 93.2 Å². The SMILES string of the molecule is O=C(Nc1ccc(F)c([N+](=O)[O-])c1)c1ccc2c(c1)C(=O)N(Cc1ccco1)C2=O. The molecule has 150 valence electrons. The standard InChI is InChI=1S/C20H12FN3O6/c21-16-6-4-12(9-17(16)24(28)29)22-18(25)11-3-5-14-15(8-11)20(27)23(19(14)26)10-13-2-1-7-30-13/h1-9H,10H2,(H,22,25). The Morgan fingerprint density at radius 1 is 1.10 bits per heavy atom. The molecule has 4 rings (SSSR count). The smallest absolute Gasteiger partial charge is 0.306 e. The quantitative estimate of drug-likeness (QED) is 0.392. The number of hydrogen-bond donors (Lipinski definition) is 1. The molecule has 0 fully saturated rings. The second-order valence-electron chi connectivity index (χ2n) is 6.41. The third-order valence-electron chi connectivity index (χ3n) is 4.53. The molecular formula is C20H12FN3O6. The second kappa shape index (κ2) is 7.24. The number of nitrogens with zero attached hydrogens (tertiary/aromatic N) is 2. The third-order valence-corrected chi connectivity index (χ3v) is 4.53. The summed E-state index contributed by atoms with van der Waals surface area (Å²) in [5.74, 6) is -2.36. The van der Waals surface area contributed by atoms with Crippen molar-refractivity contribution < 1.29 is 28.1 Å². The second-order valence-corrected chi connectivity index (χ2v) is 6.41. The van der Waals surface area contributed by atoms with Gasteiger partial charge in [-0.15, -0.1) is 0 Å². The highest BCUT2D eigenvalue weighted by Gasteiger charge is 2.36. The first-order valence-corrected chi connectivity index (χ1v) is 8.63. The van der Waals surface area contributed by atoms with Crippen LogP contribution in [-0.2, 0) is 6.54 Å². The van der Waals surface area contributed by atoms with Crippen LogP contribution in [-0.4, -0.2) is 27.5 Å². The van der Waals surface area contributed by atoms with Gasteiger partial charge in [-0.1, -0.05) is 0 Å². The number of nitrogens with one attached hydrogen (secondary N) is 1. The van der Waals surface area contributed by atoms with Gasteiger partial charge in [0.25, 0.3) is 17.7 Å². The molecule has 0 radical (unpaired) electrons. The minimum Gasteiger partial charge on any atom is -0.467 e. The van der Waals surface area contributed by atoms with E-state index in [1.54, 1.807) is 12.1 Å². The molecule has 1 aromatic heterocycles. The van der Waals surface area contributed by atoms with Gasteiger partial charge in [-0.3, -0.25) is 29.4 Å². The Morgan fingerprint density at radius 2 is 1.87 bits per heavy atom. The van der Waals surface area contributed by atoms with E-state index in [2.05, 4.69) is 5.32 Å². The van der Waals surface area contributed by atoms with Crippen LogP contribution < -0.4 is 5.32 Å². The lowest BCUT2D eigenvalue weighted by Gasteiger charge is -2.11. The van der Waals surface area contributed by atoms with Gasteiger partial charge < -0.3 is 9.73 Å². The zero-order valence-electron chi connectivity index (χ0n) is 15.1. The maximum atomic E-state index is 13.4. The summed E-state index contributed by atoms with van der Waals surface area (Å²) >= 11 is 0. The number of carbonyl (C=O) groups is 3. The lowest BCUT2D eigenvalue weighted by molar-refractivity contribution is -0.387. The number of amides is 3. The van der Waals surface area contributed by atoms with Gasteiger partial charge in [-0.25, -0.2) is 0 Å². The Kier molecular flexibility index (Phi) is 4.59. The average molecular weight is 409 g/mol. The van der Waals surface area contributed by atoms with Gasteiger partial charge in [0, 0.05) is 17.3 Å². The molecular weight excluding hydrogens is 397 g/mol. The molecule has 0 saturated heterocycles. The maximum Gasteiger partial charge on any atom is 0.306 e. The van der Waals surface area contributed by atoms with Crippen LogP contribution in [0.1, 0.15) is 36.8 Å². The summed E-state index contributed by atoms with van der Waals surface area (Å²) in [5, 5.41) is 13.3. The number of nitro benzene ring substituents is 1. The summed E-state index contributed by atoms with van der Waals surface area (Å²) in [6, 6.07) is 10.2. The van der Waals surface area contributed by atoms with Crippen molar-refractivity contribution in [1.29, 1.82) is 0 Å². The number of benzene rings is 2. The normalized spacial score (nSPS) is 12.8.